The Kier molecular flexibility index (Phi) is 6.07. The van der Waals surface area contributed by atoms with Crippen molar-refractivity contribution in [3.63, 3.8) is 0 Å². The molecule has 0 aromatic rings. The summed E-state index contributed by atoms with van der Waals surface area (Å²) in [6, 6.07) is 0. The number of hydrogen-bond donors (Lipinski definition) is 0. The molecule has 0 unspecified atom stereocenters. The second kappa shape index (κ2) is 4.21. The van der Waals surface area contributed by atoms with Gasteiger partial charge in [-0.25, -0.2) is 0 Å². The first kappa shape index (κ1) is 10.1. The van der Waals surface area contributed by atoms with Crippen LogP contribution in [0.4, 0.5) is 4.39 Å². The second-order valence-corrected chi connectivity index (χ2v) is 1.34. The molecule has 0 aliphatic heterocycles. The molecular weight excluding hydrogens is 126 g/mol. The van der Waals surface area contributed by atoms with Gasteiger partial charge in [-0.05, 0) is 0 Å². The van der Waals surface area contributed by atoms with Crippen LogP contribution in [0.25, 0.3) is 0 Å². The molecule has 0 rings (SSSR count). The zero-order chi connectivity index (χ0) is 6.50. The fourth-order valence-corrected chi connectivity index (χ4v) is 0. The third kappa shape index (κ3) is 61600. The number of rotatable bonds is 0. The Hall–Kier alpha value is 0.0400. The number of halogens is 1. The van der Waals surface area contributed by atoms with Crippen LogP contribution in [0.2, 0.25) is 0 Å². The van der Waals surface area contributed by atoms with E-state index in [4.69, 9.17) is 23.6 Å². The Balaban J connectivity index is 0. The zero-order valence-corrected chi connectivity index (χ0v) is 3.85. The Labute approximate surface area is 39.8 Å². The van der Waals surface area contributed by atoms with Crippen molar-refractivity contribution in [2.75, 3.05) is 0 Å². The van der Waals surface area contributed by atoms with Gasteiger partial charge in [0, 0.05) is 0 Å². The maximum atomic E-state index is 8.75. The van der Waals surface area contributed by atoms with Crippen LogP contribution in [0.5, 0.6) is 0 Å². The molecular formula is CFO4P. The third-order valence-corrected chi connectivity index (χ3v) is 0. The van der Waals surface area contributed by atoms with Gasteiger partial charge in [0.15, 0.2) is 0 Å². The van der Waals surface area contributed by atoms with Crippen LogP contribution in [-0.2, 0) is 4.57 Å². The Morgan fingerprint density at radius 2 is 1.29 bits per heavy atom. The summed E-state index contributed by atoms with van der Waals surface area (Å²) in [6.07, 6.45) is 0. The molecule has 0 N–H and O–H groups in total. The van der Waals surface area contributed by atoms with E-state index >= 15 is 0 Å². The molecule has 0 heterocycles. The van der Waals surface area contributed by atoms with Crippen LogP contribution < -0.4 is 14.7 Å². The van der Waals surface area contributed by atoms with E-state index in [1.54, 1.807) is 0 Å². The standard InChI is InChI=1S/CF.H3O4P/c1-2;1-5(2,3)4/h;(H3,1,2,3,4)/q+3;/p-3. The van der Waals surface area contributed by atoms with E-state index in [1.165, 1.54) is 0 Å². The first-order chi connectivity index (χ1) is 3.00. The molecule has 4 nitrogen and oxygen atoms in total. The van der Waals surface area contributed by atoms with Crippen molar-refractivity contribution in [2.24, 2.45) is 0 Å². The van der Waals surface area contributed by atoms with Crippen LogP contribution in [0.15, 0.2) is 0 Å². The Morgan fingerprint density at radius 1 is 1.29 bits per heavy atom. The van der Waals surface area contributed by atoms with Gasteiger partial charge >= 0.3 is 11.6 Å². The monoisotopic (exact) mass is 126 g/mol. The predicted octanol–water partition coefficient (Wildman–Crippen LogP) is -2.32. The average molecular weight is 126 g/mol. The molecule has 0 aromatic heterocycles. The van der Waals surface area contributed by atoms with Gasteiger partial charge in [-0.1, -0.05) is 0 Å². The first-order valence-corrected chi connectivity index (χ1v) is 2.38. The van der Waals surface area contributed by atoms with Gasteiger partial charge in [-0.3, -0.25) is 0 Å². The van der Waals surface area contributed by atoms with Crippen LogP contribution in [-0.4, -0.2) is 0 Å². The van der Waals surface area contributed by atoms with Gasteiger partial charge in [0.05, 0.1) is 0 Å². The molecule has 0 aliphatic carbocycles. The summed E-state index contributed by atoms with van der Waals surface area (Å²) < 4.78 is 17.3. The van der Waals surface area contributed by atoms with Crippen LogP contribution in [0.1, 0.15) is 0 Å². The summed E-state index contributed by atoms with van der Waals surface area (Å²) in [4.78, 5) is 25.6. The summed E-state index contributed by atoms with van der Waals surface area (Å²) in [7, 11) is -1.14. The minimum absolute atomic E-state index is 4.25. The predicted molar refractivity (Wildman–Crippen MR) is 12.0 cm³/mol. The molecule has 0 saturated heterocycles. The van der Waals surface area contributed by atoms with E-state index in [2.05, 4.69) is 7.18 Å². The van der Waals surface area contributed by atoms with Crippen molar-refractivity contribution in [2.45, 2.75) is 0 Å². The van der Waals surface area contributed by atoms with Gasteiger partial charge < -0.3 is 19.2 Å². The molecule has 0 radical (unpaired) electrons. The topological polar surface area (TPSA) is 86.2 Å². The molecule has 0 bridgehead atoms. The van der Waals surface area contributed by atoms with Gasteiger partial charge in [0.25, 0.3) is 0 Å². The van der Waals surface area contributed by atoms with Crippen molar-refractivity contribution in [1.82, 2.24) is 0 Å². The number of phosphoric acid groups is 1. The van der Waals surface area contributed by atoms with Crippen LogP contribution in [0.3, 0.4) is 0 Å². The van der Waals surface area contributed by atoms with E-state index in [0.717, 1.165) is 0 Å². The molecule has 0 aromatic carbocycles. The Morgan fingerprint density at radius 3 is 1.29 bits per heavy atom. The SMILES string of the molecule is O=P([O-])([O-])[O-].[C+3]F. The average Bonchev–Trinajstić information content (AvgIpc) is 1.36. The molecule has 0 amide bonds. The Bertz CT molecular complexity index is 57.8. The van der Waals surface area contributed by atoms with Crippen LogP contribution in [0, 0.1) is 7.18 Å². The van der Waals surface area contributed by atoms with E-state index in [1.807, 2.05) is 0 Å². The first-order valence-electron chi connectivity index (χ1n) is 0.919. The summed E-state index contributed by atoms with van der Waals surface area (Å²) >= 11 is 0. The van der Waals surface area contributed by atoms with Gasteiger partial charge in [-0.2, -0.15) is 7.82 Å². The molecule has 0 spiro atoms. The summed E-state index contributed by atoms with van der Waals surface area (Å²) in [6.45, 7) is 0. The maximum absolute atomic E-state index is 8.75. The second-order valence-electron chi connectivity index (χ2n) is 0.447. The molecule has 7 heavy (non-hydrogen) atoms. The van der Waals surface area contributed by atoms with Crippen molar-refractivity contribution >= 4 is 7.82 Å². The van der Waals surface area contributed by atoms with E-state index in [0.29, 0.717) is 0 Å². The van der Waals surface area contributed by atoms with Crippen molar-refractivity contribution in [3.8, 4) is 0 Å². The van der Waals surface area contributed by atoms with Gasteiger partial charge in [-0.15, -0.1) is 0 Å². The van der Waals surface area contributed by atoms with E-state index in [-0.39, 0.29) is 0 Å². The van der Waals surface area contributed by atoms with Gasteiger partial charge in [0.1, 0.15) is 0 Å². The third-order valence-electron chi connectivity index (χ3n) is 0. The van der Waals surface area contributed by atoms with E-state index < -0.39 is 7.82 Å². The fraction of sp³-hybridized carbons (Fsp3) is 0. The molecule has 0 atom stereocenters. The molecule has 40 valence electrons. The molecule has 0 aliphatic rings. The fourth-order valence-electron chi connectivity index (χ4n) is 0. The summed E-state index contributed by atoms with van der Waals surface area (Å²) in [5, 5.41) is 0. The molecule has 6 heteroatoms. The van der Waals surface area contributed by atoms with Crippen molar-refractivity contribution in [1.29, 1.82) is 0 Å². The molecule has 0 fully saturated rings. The van der Waals surface area contributed by atoms with Gasteiger partial charge in [0.2, 0.25) is 0 Å². The zero-order valence-electron chi connectivity index (χ0n) is 2.96. The number of hydrogen-bond acceptors (Lipinski definition) is 4. The summed E-state index contributed by atoms with van der Waals surface area (Å²) in [5.41, 5.74) is 0. The summed E-state index contributed by atoms with van der Waals surface area (Å²) in [5.74, 6) is 0. The minimum atomic E-state index is -5.39. The van der Waals surface area contributed by atoms with Crippen molar-refractivity contribution < 1.29 is 23.6 Å². The van der Waals surface area contributed by atoms with Crippen molar-refractivity contribution in [3.05, 3.63) is 7.18 Å². The quantitative estimate of drug-likeness (QED) is 0.341. The normalized spacial score (nSPS) is 9.43. The molecule has 0 saturated carbocycles. The van der Waals surface area contributed by atoms with Crippen LogP contribution >= 0.6 is 7.82 Å². The van der Waals surface area contributed by atoms with E-state index in [9.17, 15) is 0 Å².